The van der Waals surface area contributed by atoms with E-state index in [2.05, 4.69) is 27.0 Å². The maximum absolute atomic E-state index is 11.6. The molecule has 1 heterocycles. The van der Waals surface area contributed by atoms with Gasteiger partial charge in [-0.05, 0) is 28.1 Å². The van der Waals surface area contributed by atoms with Crippen molar-refractivity contribution >= 4 is 21.9 Å². The van der Waals surface area contributed by atoms with Crippen molar-refractivity contribution in [3.05, 3.63) is 58.7 Å². The molecule has 1 aromatic heterocycles. The van der Waals surface area contributed by atoms with E-state index in [4.69, 9.17) is 4.74 Å². The minimum atomic E-state index is -0.427. The Morgan fingerprint density at radius 3 is 2.69 bits per heavy atom. The molecule has 0 bridgehead atoms. The van der Waals surface area contributed by atoms with Crippen LogP contribution in [0.3, 0.4) is 0 Å². The van der Waals surface area contributed by atoms with Gasteiger partial charge in [0.15, 0.2) is 0 Å². The van der Waals surface area contributed by atoms with Crippen molar-refractivity contribution in [3.63, 3.8) is 0 Å². The number of benzene rings is 1. The predicted molar refractivity (Wildman–Crippen MR) is 62.2 cm³/mol. The van der Waals surface area contributed by atoms with Crippen molar-refractivity contribution in [3.8, 4) is 5.88 Å². The highest BCUT2D eigenvalue weighted by atomic mass is 79.9. The van der Waals surface area contributed by atoms with E-state index in [0.717, 1.165) is 0 Å². The maximum atomic E-state index is 11.6. The van der Waals surface area contributed by atoms with Gasteiger partial charge in [0.1, 0.15) is 0 Å². The Bertz CT molecular complexity index is 482. The van der Waals surface area contributed by atoms with E-state index < -0.39 is 5.97 Å². The lowest BCUT2D eigenvalue weighted by atomic mass is 10.2. The number of carbonyl (C=O) groups excluding carboxylic acids is 1. The van der Waals surface area contributed by atoms with Gasteiger partial charge in [-0.2, -0.15) is 0 Å². The Morgan fingerprint density at radius 2 is 2.06 bits per heavy atom. The second-order valence-electron chi connectivity index (χ2n) is 2.99. The zero-order valence-electron chi connectivity index (χ0n) is 8.18. The first-order valence-electron chi connectivity index (χ1n) is 4.56. The molecule has 0 aliphatic heterocycles. The monoisotopic (exact) mass is 276 g/mol. The number of rotatable bonds is 2. The normalized spacial score (nSPS) is 9.81. The fourth-order valence-electron chi connectivity index (χ4n) is 1.11. The van der Waals surface area contributed by atoms with E-state index in [1.807, 2.05) is 6.07 Å². The van der Waals surface area contributed by atoms with E-state index in [9.17, 15) is 4.79 Å². The van der Waals surface area contributed by atoms with E-state index >= 15 is 0 Å². The van der Waals surface area contributed by atoms with Crippen LogP contribution in [0.4, 0.5) is 0 Å². The van der Waals surface area contributed by atoms with Crippen molar-refractivity contribution in [2.75, 3.05) is 0 Å². The Kier molecular flexibility index (Phi) is 3.31. The molecule has 1 aromatic carbocycles. The Balaban J connectivity index is 2.11. The summed E-state index contributed by atoms with van der Waals surface area (Å²) in [6.45, 7) is 0. The molecular weight excluding hydrogens is 270 g/mol. The first kappa shape index (κ1) is 10.8. The molecule has 4 heteroatoms. The molecule has 2 rings (SSSR count). The minimum Gasteiger partial charge on any atom is -0.404 e. The number of aromatic nitrogens is 1. The van der Waals surface area contributed by atoms with Crippen molar-refractivity contribution in [1.29, 1.82) is 0 Å². The molecule has 0 N–H and O–H groups in total. The fourth-order valence-corrected chi connectivity index (χ4v) is 1.33. The molecule has 0 aliphatic rings. The molecule has 0 saturated heterocycles. The highest BCUT2D eigenvalue weighted by Crippen LogP contribution is 2.13. The quantitative estimate of drug-likeness (QED) is 0.792. The Hall–Kier alpha value is -1.68. The number of hydrogen-bond donors (Lipinski definition) is 0. The number of esters is 1. The van der Waals surface area contributed by atoms with Gasteiger partial charge in [0.25, 0.3) is 0 Å². The average Bonchev–Trinajstić information content (AvgIpc) is 2.33. The van der Waals surface area contributed by atoms with Crippen LogP contribution in [0.25, 0.3) is 0 Å². The van der Waals surface area contributed by atoms with E-state index in [0.29, 0.717) is 10.0 Å². The van der Waals surface area contributed by atoms with Crippen LogP contribution in [-0.2, 0) is 0 Å². The molecule has 1 radical (unpaired) electrons. The van der Waals surface area contributed by atoms with Gasteiger partial charge in [-0.15, -0.1) is 0 Å². The zero-order chi connectivity index (χ0) is 11.4. The first-order valence-corrected chi connectivity index (χ1v) is 5.35. The number of nitrogens with zero attached hydrogens (tertiary/aromatic N) is 1. The van der Waals surface area contributed by atoms with Crippen LogP contribution >= 0.6 is 15.9 Å². The summed E-state index contributed by atoms with van der Waals surface area (Å²) in [6.07, 6.45) is 1.52. The van der Waals surface area contributed by atoms with E-state index in [1.165, 1.54) is 12.3 Å². The van der Waals surface area contributed by atoms with E-state index in [-0.39, 0.29) is 5.88 Å². The summed E-state index contributed by atoms with van der Waals surface area (Å²) in [4.78, 5) is 15.5. The summed E-state index contributed by atoms with van der Waals surface area (Å²) < 4.78 is 5.77. The molecule has 2 aromatic rings. The molecule has 0 fully saturated rings. The van der Waals surface area contributed by atoms with Gasteiger partial charge < -0.3 is 4.74 Å². The predicted octanol–water partition coefficient (Wildman–Crippen LogP) is 2.86. The third-order valence-corrected chi connectivity index (χ3v) is 2.28. The lowest BCUT2D eigenvalue weighted by Crippen LogP contribution is -2.08. The minimum absolute atomic E-state index is 0.233. The molecule has 0 unspecified atom stereocenters. The molecule has 0 spiro atoms. The molecule has 0 aliphatic carbocycles. The van der Waals surface area contributed by atoms with Crippen molar-refractivity contribution in [2.45, 2.75) is 0 Å². The summed E-state index contributed by atoms with van der Waals surface area (Å²) in [5, 5.41) is 0. The summed E-state index contributed by atoms with van der Waals surface area (Å²) in [7, 11) is 0. The van der Waals surface area contributed by atoms with Gasteiger partial charge in [-0.1, -0.05) is 18.2 Å². The number of pyridine rings is 1. The van der Waals surface area contributed by atoms with Crippen molar-refractivity contribution < 1.29 is 9.53 Å². The lowest BCUT2D eigenvalue weighted by molar-refractivity contribution is 0.0727. The number of carbonyl (C=O) groups is 1. The standard InChI is InChI=1S/C12H7BrNO2/c13-10-6-7-11(14-8-10)16-12(15)9-4-2-1-3-5-9/h1-5,7-8H. The molecule has 0 atom stereocenters. The second kappa shape index (κ2) is 4.90. The summed E-state index contributed by atoms with van der Waals surface area (Å²) in [5.41, 5.74) is 0.493. The van der Waals surface area contributed by atoms with Gasteiger partial charge in [-0.25, -0.2) is 9.78 Å². The molecule has 3 nitrogen and oxygen atoms in total. The Morgan fingerprint density at radius 1 is 1.31 bits per heavy atom. The third-order valence-electron chi connectivity index (χ3n) is 1.85. The van der Waals surface area contributed by atoms with E-state index in [1.54, 1.807) is 24.3 Å². The van der Waals surface area contributed by atoms with Crippen LogP contribution < -0.4 is 4.74 Å². The summed E-state index contributed by atoms with van der Waals surface area (Å²) in [5.74, 6) is -0.194. The lowest BCUT2D eigenvalue weighted by Gasteiger charge is -2.02. The average molecular weight is 277 g/mol. The smallest absolute Gasteiger partial charge is 0.344 e. The SMILES string of the molecule is O=C(Oc1c[c]c(Br)cn1)c1ccccc1. The number of ether oxygens (including phenoxy) is 1. The van der Waals surface area contributed by atoms with Crippen LogP contribution in [-0.4, -0.2) is 11.0 Å². The van der Waals surface area contributed by atoms with Crippen LogP contribution in [0, 0.1) is 6.07 Å². The number of hydrogen-bond acceptors (Lipinski definition) is 3. The Labute approximate surface area is 101 Å². The van der Waals surface area contributed by atoms with Crippen LogP contribution in [0.5, 0.6) is 5.88 Å². The number of halogens is 1. The van der Waals surface area contributed by atoms with Crippen LogP contribution in [0.15, 0.2) is 47.1 Å². The largest absolute Gasteiger partial charge is 0.404 e. The summed E-state index contributed by atoms with van der Waals surface area (Å²) in [6, 6.07) is 13.1. The van der Waals surface area contributed by atoms with Gasteiger partial charge in [0, 0.05) is 22.8 Å². The highest BCUT2D eigenvalue weighted by molar-refractivity contribution is 9.10. The van der Waals surface area contributed by atoms with Crippen molar-refractivity contribution in [2.24, 2.45) is 0 Å². The first-order chi connectivity index (χ1) is 7.75. The van der Waals surface area contributed by atoms with Crippen LogP contribution in [0.2, 0.25) is 0 Å². The van der Waals surface area contributed by atoms with Gasteiger partial charge >= 0.3 is 5.97 Å². The van der Waals surface area contributed by atoms with Gasteiger partial charge in [-0.3, -0.25) is 0 Å². The summed E-state index contributed by atoms with van der Waals surface area (Å²) >= 11 is 3.20. The molecule has 0 saturated carbocycles. The van der Waals surface area contributed by atoms with Crippen molar-refractivity contribution in [1.82, 2.24) is 4.98 Å². The topological polar surface area (TPSA) is 39.2 Å². The molecule has 79 valence electrons. The zero-order valence-corrected chi connectivity index (χ0v) is 9.77. The van der Waals surface area contributed by atoms with Crippen LogP contribution in [0.1, 0.15) is 10.4 Å². The maximum Gasteiger partial charge on any atom is 0.344 e. The molecular formula is C12H7BrNO2. The fraction of sp³-hybridized carbons (Fsp3) is 0. The molecule has 0 amide bonds. The van der Waals surface area contributed by atoms with Gasteiger partial charge in [0.05, 0.1) is 5.56 Å². The van der Waals surface area contributed by atoms with Gasteiger partial charge in [0.2, 0.25) is 5.88 Å². The molecule has 16 heavy (non-hydrogen) atoms. The highest BCUT2D eigenvalue weighted by Gasteiger charge is 2.07. The third kappa shape index (κ3) is 2.67. The second-order valence-corrected chi connectivity index (χ2v) is 3.84.